The summed E-state index contributed by atoms with van der Waals surface area (Å²) in [6.07, 6.45) is 0.0384. The van der Waals surface area contributed by atoms with Gasteiger partial charge in [-0.1, -0.05) is 6.92 Å². The molecule has 0 amide bonds. The number of hydrogen-bond acceptors (Lipinski definition) is 4. The van der Waals surface area contributed by atoms with Gasteiger partial charge in [-0.05, 0) is 26.3 Å². The highest BCUT2D eigenvalue weighted by Gasteiger charge is 2.49. The van der Waals surface area contributed by atoms with Gasteiger partial charge in [-0.3, -0.25) is 9.69 Å². The van der Waals surface area contributed by atoms with Gasteiger partial charge < -0.3 is 14.9 Å². The number of carboxylic acid groups (broad SMARTS) is 1. The van der Waals surface area contributed by atoms with Gasteiger partial charge >= 0.3 is 5.97 Å². The van der Waals surface area contributed by atoms with Crippen LogP contribution in [0.3, 0.4) is 0 Å². The molecule has 3 unspecified atom stereocenters. The minimum atomic E-state index is -0.913. The molecule has 0 saturated heterocycles. The zero-order valence-electron chi connectivity index (χ0n) is 9.43. The van der Waals surface area contributed by atoms with E-state index in [-0.39, 0.29) is 18.7 Å². The second kappa shape index (κ2) is 4.47. The van der Waals surface area contributed by atoms with E-state index in [4.69, 9.17) is 9.84 Å². The number of aliphatic hydroxyl groups excluding tert-OH is 1. The van der Waals surface area contributed by atoms with E-state index in [1.165, 1.54) is 4.90 Å². The second-order valence-electron chi connectivity index (χ2n) is 4.58. The Morgan fingerprint density at radius 2 is 2.27 bits per heavy atom. The number of carboxylic acids is 1. The predicted molar refractivity (Wildman–Crippen MR) is 54.4 cm³/mol. The van der Waals surface area contributed by atoms with Crippen molar-refractivity contribution in [3.8, 4) is 0 Å². The molecule has 0 radical (unpaired) electrons. The first-order valence-corrected chi connectivity index (χ1v) is 5.10. The van der Waals surface area contributed by atoms with E-state index in [2.05, 4.69) is 6.92 Å². The Morgan fingerprint density at radius 3 is 2.67 bits per heavy atom. The molecule has 1 aliphatic carbocycles. The molecule has 0 heterocycles. The third-order valence-electron chi connectivity index (χ3n) is 2.87. The first-order chi connectivity index (χ1) is 6.83. The van der Waals surface area contributed by atoms with Gasteiger partial charge in [0.05, 0.1) is 12.1 Å². The van der Waals surface area contributed by atoms with E-state index in [1.54, 1.807) is 7.05 Å². The van der Waals surface area contributed by atoms with E-state index >= 15 is 0 Å². The van der Waals surface area contributed by atoms with E-state index in [1.807, 2.05) is 6.92 Å². The monoisotopic (exact) mass is 217 g/mol. The lowest BCUT2D eigenvalue weighted by atomic mass is 10.3. The zero-order chi connectivity index (χ0) is 11.6. The quantitative estimate of drug-likeness (QED) is 0.619. The summed E-state index contributed by atoms with van der Waals surface area (Å²) in [6.45, 7) is 4.15. The van der Waals surface area contributed by atoms with Gasteiger partial charge in [-0.25, -0.2) is 0 Å². The molecule has 1 fully saturated rings. The maximum absolute atomic E-state index is 10.4. The van der Waals surface area contributed by atoms with Gasteiger partial charge in [0.25, 0.3) is 0 Å². The molecule has 15 heavy (non-hydrogen) atoms. The molecule has 0 aliphatic heterocycles. The summed E-state index contributed by atoms with van der Waals surface area (Å²) in [5.41, 5.74) is -0.219. The Morgan fingerprint density at radius 1 is 1.73 bits per heavy atom. The fourth-order valence-corrected chi connectivity index (χ4v) is 1.62. The van der Waals surface area contributed by atoms with Crippen molar-refractivity contribution in [1.29, 1.82) is 0 Å². The van der Waals surface area contributed by atoms with E-state index in [0.29, 0.717) is 5.92 Å². The minimum Gasteiger partial charge on any atom is -0.480 e. The van der Waals surface area contributed by atoms with Gasteiger partial charge in [0.15, 0.2) is 6.29 Å². The van der Waals surface area contributed by atoms with Crippen LogP contribution in [-0.2, 0) is 9.53 Å². The standard InChI is InChI=1S/C10H19NO4/c1-7-4-10(7,2)15-9(14)6-11(3)5-8(12)13/h7,9,14H,4-6H2,1-3H3,(H,12,13). The number of ether oxygens (including phenoxy) is 1. The zero-order valence-corrected chi connectivity index (χ0v) is 9.43. The molecule has 88 valence electrons. The Balaban J connectivity index is 2.24. The molecule has 0 spiro atoms. The molecular weight excluding hydrogens is 198 g/mol. The first-order valence-electron chi connectivity index (χ1n) is 5.10. The van der Waals surface area contributed by atoms with Crippen LogP contribution in [0.1, 0.15) is 20.3 Å². The number of likely N-dealkylation sites (N-methyl/N-ethyl adjacent to an activating group) is 1. The molecule has 5 heteroatoms. The van der Waals surface area contributed by atoms with Crippen molar-refractivity contribution >= 4 is 5.97 Å². The predicted octanol–water partition coefficient (Wildman–Crippen LogP) is 0.136. The van der Waals surface area contributed by atoms with Crippen LogP contribution in [-0.4, -0.2) is 53.1 Å². The van der Waals surface area contributed by atoms with Crippen molar-refractivity contribution in [2.24, 2.45) is 5.92 Å². The molecule has 2 N–H and O–H groups in total. The average Bonchev–Trinajstić information content (AvgIpc) is 2.54. The second-order valence-corrected chi connectivity index (χ2v) is 4.58. The average molecular weight is 217 g/mol. The van der Waals surface area contributed by atoms with Crippen molar-refractivity contribution < 1.29 is 19.7 Å². The lowest BCUT2D eigenvalue weighted by molar-refractivity contribution is -0.157. The van der Waals surface area contributed by atoms with E-state index in [9.17, 15) is 9.90 Å². The third-order valence-corrected chi connectivity index (χ3v) is 2.87. The maximum atomic E-state index is 10.4. The topological polar surface area (TPSA) is 70.0 Å². The minimum absolute atomic E-state index is 0.0906. The van der Waals surface area contributed by atoms with Gasteiger partial charge in [0, 0.05) is 6.54 Å². The first kappa shape index (κ1) is 12.4. The molecule has 0 bridgehead atoms. The summed E-state index contributed by atoms with van der Waals surface area (Å²) < 4.78 is 5.43. The van der Waals surface area contributed by atoms with Crippen LogP contribution in [0.2, 0.25) is 0 Å². The number of carbonyl (C=O) groups is 1. The maximum Gasteiger partial charge on any atom is 0.317 e. The highest BCUT2D eigenvalue weighted by molar-refractivity contribution is 5.68. The SMILES string of the molecule is CC1CC1(C)OC(O)CN(C)CC(=O)O. The molecular formula is C10H19NO4. The van der Waals surface area contributed by atoms with E-state index < -0.39 is 12.3 Å². The Labute approximate surface area is 89.6 Å². The van der Waals surface area contributed by atoms with Crippen LogP contribution in [0.25, 0.3) is 0 Å². The van der Waals surface area contributed by atoms with Crippen LogP contribution < -0.4 is 0 Å². The Hall–Kier alpha value is -0.650. The molecule has 0 aromatic carbocycles. The van der Waals surface area contributed by atoms with Crippen molar-refractivity contribution in [2.45, 2.75) is 32.2 Å². The lowest BCUT2D eigenvalue weighted by Gasteiger charge is -2.22. The fraction of sp³-hybridized carbons (Fsp3) is 0.900. The highest BCUT2D eigenvalue weighted by Crippen LogP contribution is 2.46. The summed E-state index contributed by atoms with van der Waals surface area (Å²) >= 11 is 0. The van der Waals surface area contributed by atoms with Crippen LogP contribution >= 0.6 is 0 Å². The van der Waals surface area contributed by atoms with Crippen LogP contribution in [0, 0.1) is 5.92 Å². The van der Waals surface area contributed by atoms with Crippen molar-refractivity contribution in [2.75, 3.05) is 20.1 Å². The van der Waals surface area contributed by atoms with Gasteiger partial charge in [0.2, 0.25) is 0 Å². The normalized spacial score (nSPS) is 31.7. The molecule has 0 aromatic rings. The molecule has 1 rings (SSSR count). The molecule has 1 saturated carbocycles. The number of aliphatic carboxylic acids is 1. The summed E-state index contributed by atoms with van der Waals surface area (Å²) in [7, 11) is 1.64. The number of hydrogen-bond donors (Lipinski definition) is 2. The van der Waals surface area contributed by atoms with Gasteiger partial charge in [-0.2, -0.15) is 0 Å². The number of aliphatic hydroxyl groups is 1. The fourth-order valence-electron chi connectivity index (χ4n) is 1.62. The lowest BCUT2D eigenvalue weighted by Crippen LogP contribution is -2.36. The van der Waals surface area contributed by atoms with Crippen molar-refractivity contribution in [1.82, 2.24) is 4.90 Å². The molecule has 5 nitrogen and oxygen atoms in total. The van der Waals surface area contributed by atoms with Crippen LogP contribution in [0.5, 0.6) is 0 Å². The summed E-state index contributed by atoms with van der Waals surface area (Å²) in [6, 6.07) is 0. The molecule has 3 atom stereocenters. The van der Waals surface area contributed by atoms with Gasteiger partial charge in [0.1, 0.15) is 0 Å². The highest BCUT2D eigenvalue weighted by atomic mass is 16.6. The Bertz CT molecular complexity index is 246. The largest absolute Gasteiger partial charge is 0.480 e. The summed E-state index contributed by atoms with van der Waals surface area (Å²) in [4.78, 5) is 11.9. The van der Waals surface area contributed by atoms with Crippen molar-refractivity contribution in [3.05, 3.63) is 0 Å². The van der Waals surface area contributed by atoms with Crippen molar-refractivity contribution in [3.63, 3.8) is 0 Å². The molecule has 1 aliphatic rings. The smallest absolute Gasteiger partial charge is 0.317 e. The van der Waals surface area contributed by atoms with Gasteiger partial charge in [-0.15, -0.1) is 0 Å². The van der Waals surface area contributed by atoms with Crippen LogP contribution in [0.4, 0.5) is 0 Å². The molecule has 0 aromatic heterocycles. The van der Waals surface area contributed by atoms with Crippen LogP contribution in [0.15, 0.2) is 0 Å². The number of nitrogens with zero attached hydrogens (tertiary/aromatic N) is 1. The van der Waals surface area contributed by atoms with E-state index in [0.717, 1.165) is 6.42 Å². The number of rotatable bonds is 6. The Kier molecular flexibility index (Phi) is 3.70. The summed E-state index contributed by atoms with van der Waals surface area (Å²) in [5.74, 6) is -0.437. The third kappa shape index (κ3) is 3.77. The summed E-state index contributed by atoms with van der Waals surface area (Å²) in [5, 5.41) is 18.1.